The minimum atomic E-state index is -0.350. The summed E-state index contributed by atoms with van der Waals surface area (Å²) in [5.41, 5.74) is 4.04. The molecule has 3 aliphatic rings. The topological polar surface area (TPSA) is 48.0 Å². The Bertz CT molecular complexity index is 1300. The molecule has 0 atom stereocenters. The highest BCUT2D eigenvalue weighted by molar-refractivity contribution is 5.92. The second-order valence-electron chi connectivity index (χ2n) is 9.18. The summed E-state index contributed by atoms with van der Waals surface area (Å²) >= 11 is 0. The fraction of sp³-hybridized carbons (Fsp3) is 0.233. The number of hydrogen-bond donors (Lipinski definition) is 0. The molecule has 35 heavy (non-hydrogen) atoms. The van der Waals surface area contributed by atoms with Crippen molar-refractivity contribution in [2.75, 3.05) is 26.3 Å². The number of fused-ring (bicyclic) bond motifs is 2. The van der Waals surface area contributed by atoms with Gasteiger partial charge >= 0.3 is 0 Å². The summed E-state index contributed by atoms with van der Waals surface area (Å²) < 4.78 is 17.7. The van der Waals surface area contributed by atoms with Gasteiger partial charge in [0.15, 0.2) is 11.5 Å². The van der Waals surface area contributed by atoms with Crippen molar-refractivity contribution < 1.29 is 19.0 Å². The highest BCUT2D eigenvalue weighted by atomic mass is 16.6. The first kappa shape index (κ1) is 21.5. The summed E-state index contributed by atoms with van der Waals surface area (Å²) in [6, 6.07) is 22.4. The first-order valence-electron chi connectivity index (χ1n) is 12.1. The molecular formula is C30H27NO4. The van der Waals surface area contributed by atoms with E-state index in [1.807, 2.05) is 35.2 Å². The van der Waals surface area contributed by atoms with Crippen molar-refractivity contribution in [3.63, 3.8) is 0 Å². The molecule has 3 heterocycles. The third-order valence-electron chi connectivity index (χ3n) is 6.90. The Morgan fingerprint density at radius 3 is 2.43 bits per heavy atom. The number of amides is 1. The van der Waals surface area contributed by atoms with E-state index in [-0.39, 0.29) is 11.5 Å². The van der Waals surface area contributed by atoms with Gasteiger partial charge in [-0.1, -0.05) is 48.5 Å². The van der Waals surface area contributed by atoms with E-state index in [2.05, 4.69) is 54.6 Å². The van der Waals surface area contributed by atoms with E-state index in [9.17, 15) is 4.79 Å². The molecule has 3 aliphatic heterocycles. The van der Waals surface area contributed by atoms with Crippen LogP contribution in [0.3, 0.4) is 0 Å². The van der Waals surface area contributed by atoms with E-state index in [1.165, 1.54) is 11.1 Å². The van der Waals surface area contributed by atoms with E-state index in [1.54, 1.807) is 6.08 Å². The van der Waals surface area contributed by atoms with Gasteiger partial charge in [-0.3, -0.25) is 4.79 Å². The van der Waals surface area contributed by atoms with Gasteiger partial charge in [-0.25, -0.2) is 0 Å². The van der Waals surface area contributed by atoms with Crippen molar-refractivity contribution in [2.45, 2.75) is 18.4 Å². The molecule has 0 aromatic heterocycles. The molecule has 0 unspecified atom stereocenters. The first-order chi connectivity index (χ1) is 17.2. The molecule has 3 aromatic rings. The van der Waals surface area contributed by atoms with Gasteiger partial charge in [-0.05, 0) is 53.1 Å². The zero-order chi connectivity index (χ0) is 23.7. The Kier molecular flexibility index (Phi) is 5.53. The number of hydrogen-bond acceptors (Lipinski definition) is 4. The Morgan fingerprint density at radius 1 is 0.829 bits per heavy atom. The van der Waals surface area contributed by atoms with Gasteiger partial charge in [0.2, 0.25) is 5.91 Å². The van der Waals surface area contributed by atoms with Crippen LogP contribution in [0.25, 0.3) is 23.3 Å². The lowest BCUT2D eigenvalue weighted by Crippen LogP contribution is -2.49. The summed E-state index contributed by atoms with van der Waals surface area (Å²) in [7, 11) is 0. The number of likely N-dealkylation sites (tertiary alicyclic amines) is 1. The fourth-order valence-corrected chi connectivity index (χ4v) is 4.89. The van der Waals surface area contributed by atoms with Gasteiger partial charge in [-0.2, -0.15) is 0 Å². The van der Waals surface area contributed by atoms with Crippen LogP contribution in [0.5, 0.6) is 17.2 Å². The number of piperidine rings is 1. The molecule has 0 bridgehead atoms. The Morgan fingerprint density at radius 2 is 1.60 bits per heavy atom. The van der Waals surface area contributed by atoms with Gasteiger partial charge < -0.3 is 19.1 Å². The van der Waals surface area contributed by atoms with Crippen LogP contribution >= 0.6 is 0 Å². The zero-order valence-corrected chi connectivity index (χ0v) is 19.5. The van der Waals surface area contributed by atoms with Gasteiger partial charge in [0.1, 0.15) is 24.6 Å². The lowest BCUT2D eigenvalue weighted by Gasteiger charge is -2.41. The molecule has 1 saturated heterocycles. The largest absolute Gasteiger partial charge is 0.486 e. The molecule has 0 saturated carbocycles. The van der Waals surface area contributed by atoms with Crippen molar-refractivity contribution in [3.05, 3.63) is 90.0 Å². The van der Waals surface area contributed by atoms with Crippen molar-refractivity contribution in [1.29, 1.82) is 0 Å². The lowest BCUT2D eigenvalue weighted by molar-refractivity contribution is -0.128. The van der Waals surface area contributed by atoms with Crippen molar-refractivity contribution in [3.8, 4) is 28.4 Å². The lowest BCUT2D eigenvalue weighted by atomic mass is 9.87. The van der Waals surface area contributed by atoms with E-state index >= 15 is 0 Å². The molecule has 6 rings (SSSR count). The van der Waals surface area contributed by atoms with E-state index in [0.717, 1.165) is 41.2 Å². The highest BCUT2D eigenvalue weighted by Crippen LogP contribution is 2.39. The highest BCUT2D eigenvalue weighted by Gasteiger charge is 2.37. The summed E-state index contributed by atoms with van der Waals surface area (Å²) in [6.45, 7) is 2.43. The number of nitrogens with zero attached hydrogens (tertiary/aromatic N) is 1. The normalized spacial score (nSPS) is 17.8. The minimum Gasteiger partial charge on any atom is -0.486 e. The molecule has 0 aliphatic carbocycles. The van der Waals surface area contributed by atoms with Crippen LogP contribution in [0, 0.1) is 0 Å². The number of ether oxygens (including phenoxy) is 3. The van der Waals surface area contributed by atoms with Crippen molar-refractivity contribution in [1.82, 2.24) is 4.90 Å². The number of rotatable bonds is 3. The second-order valence-corrected chi connectivity index (χ2v) is 9.18. The van der Waals surface area contributed by atoms with Crippen LogP contribution in [0.1, 0.15) is 24.0 Å². The summed E-state index contributed by atoms with van der Waals surface area (Å²) in [5.74, 6) is 2.40. The maximum Gasteiger partial charge on any atom is 0.246 e. The maximum absolute atomic E-state index is 12.8. The minimum absolute atomic E-state index is 0.0161. The van der Waals surface area contributed by atoms with E-state index in [0.29, 0.717) is 26.3 Å². The average molecular weight is 466 g/mol. The number of carbonyl (C=O) groups excluding carboxylic acids is 1. The SMILES string of the molecule is O=C(/C=C\c1ccc2c(c1)OCCO2)N1CCC2(C=Cc3cc(-c4ccccc4)ccc3O2)CC1. The third-order valence-corrected chi connectivity index (χ3v) is 6.90. The van der Waals surface area contributed by atoms with Gasteiger partial charge in [0, 0.05) is 37.6 Å². The standard InChI is InChI=1S/C30H27NO4/c32-29(11-7-22-6-9-27-28(20-22)34-19-18-33-27)31-16-14-30(15-17-31)13-12-25-21-24(8-10-26(25)35-30)23-4-2-1-3-5-23/h1-13,20-21H,14-19H2/b11-7-. The maximum atomic E-state index is 12.8. The molecular weight excluding hydrogens is 438 g/mol. The smallest absolute Gasteiger partial charge is 0.246 e. The molecule has 5 nitrogen and oxygen atoms in total. The van der Waals surface area contributed by atoms with Crippen LogP contribution in [0.15, 0.2) is 78.9 Å². The van der Waals surface area contributed by atoms with E-state index in [4.69, 9.17) is 14.2 Å². The Balaban J connectivity index is 1.09. The van der Waals surface area contributed by atoms with Crippen molar-refractivity contribution >= 4 is 18.1 Å². The van der Waals surface area contributed by atoms with Gasteiger partial charge in [0.05, 0.1) is 0 Å². The zero-order valence-electron chi connectivity index (χ0n) is 19.5. The van der Waals surface area contributed by atoms with E-state index < -0.39 is 0 Å². The average Bonchev–Trinajstić information content (AvgIpc) is 2.92. The second kappa shape index (κ2) is 8.99. The molecule has 5 heteroatoms. The van der Waals surface area contributed by atoms with Crippen LogP contribution in [0.2, 0.25) is 0 Å². The molecule has 1 amide bonds. The summed E-state index contributed by atoms with van der Waals surface area (Å²) in [6.07, 6.45) is 9.37. The number of benzene rings is 3. The molecule has 0 N–H and O–H groups in total. The quantitative estimate of drug-likeness (QED) is 0.472. The van der Waals surface area contributed by atoms with Crippen LogP contribution < -0.4 is 14.2 Å². The molecule has 176 valence electrons. The van der Waals surface area contributed by atoms with Crippen LogP contribution in [-0.4, -0.2) is 42.7 Å². The van der Waals surface area contributed by atoms with Crippen molar-refractivity contribution in [2.24, 2.45) is 0 Å². The molecule has 1 spiro atoms. The summed E-state index contributed by atoms with van der Waals surface area (Å²) in [5, 5.41) is 0. The van der Waals surface area contributed by atoms with Crippen LogP contribution in [0.4, 0.5) is 0 Å². The van der Waals surface area contributed by atoms with Gasteiger partial charge in [0.25, 0.3) is 0 Å². The predicted octanol–water partition coefficient (Wildman–Crippen LogP) is 5.61. The monoisotopic (exact) mass is 465 g/mol. The molecule has 3 aromatic carbocycles. The Labute approximate surface area is 205 Å². The first-order valence-corrected chi connectivity index (χ1v) is 12.1. The predicted molar refractivity (Wildman–Crippen MR) is 137 cm³/mol. The van der Waals surface area contributed by atoms with Crippen LogP contribution in [-0.2, 0) is 4.79 Å². The summed E-state index contributed by atoms with van der Waals surface area (Å²) in [4.78, 5) is 14.7. The fourth-order valence-electron chi connectivity index (χ4n) is 4.89. The third kappa shape index (κ3) is 4.42. The number of carbonyl (C=O) groups is 1. The van der Waals surface area contributed by atoms with Gasteiger partial charge in [-0.15, -0.1) is 0 Å². The Hall–Kier alpha value is -3.99. The molecule has 1 fully saturated rings. The molecule has 0 radical (unpaired) electrons.